The SMILES string of the molecule is S=C1NC(c2ccccn2)C(c2cccn2-c2ccc(Br)cc2)N1Cc1cccnc1. The standard InChI is InChI=1S/C24H20BrN5S/c25-18-8-10-19(11-9-18)29-14-4-7-21(29)23-22(20-6-1-2-13-27-20)28-24(31)30(23)16-17-5-3-12-26-15-17/h1-15,22-23H,16H2,(H,28,31). The van der Waals surface area contributed by atoms with Crippen LogP contribution in [0.5, 0.6) is 0 Å². The number of thiocarbonyl (C=S) groups is 1. The Labute approximate surface area is 194 Å². The molecule has 0 amide bonds. The van der Waals surface area contributed by atoms with Gasteiger partial charge in [-0.05, 0) is 72.4 Å². The quantitative estimate of drug-likeness (QED) is 0.390. The zero-order valence-corrected chi connectivity index (χ0v) is 19.0. The molecule has 3 aromatic heterocycles. The first kappa shape index (κ1) is 19.9. The van der Waals surface area contributed by atoms with Crippen LogP contribution in [0.2, 0.25) is 0 Å². The van der Waals surface area contributed by atoms with Crippen molar-refractivity contribution in [2.45, 2.75) is 18.6 Å². The van der Waals surface area contributed by atoms with Crippen LogP contribution in [-0.2, 0) is 6.54 Å². The van der Waals surface area contributed by atoms with E-state index < -0.39 is 0 Å². The van der Waals surface area contributed by atoms with Gasteiger partial charge in [-0.3, -0.25) is 9.97 Å². The van der Waals surface area contributed by atoms with Crippen LogP contribution in [0.4, 0.5) is 0 Å². The minimum atomic E-state index is -0.0607. The molecule has 1 aromatic carbocycles. The molecule has 7 heteroatoms. The zero-order valence-electron chi connectivity index (χ0n) is 16.6. The largest absolute Gasteiger partial charge is 0.352 e. The number of halogens is 1. The van der Waals surface area contributed by atoms with E-state index in [0.29, 0.717) is 11.7 Å². The average Bonchev–Trinajstić information content (AvgIpc) is 3.40. The average molecular weight is 490 g/mol. The molecule has 0 bridgehead atoms. The van der Waals surface area contributed by atoms with Gasteiger partial charge in [0.2, 0.25) is 0 Å². The third-order valence-electron chi connectivity index (χ3n) is 5.46. The molecule has 4 heterocycles. The van der Waals surface area contributed by atoms with Crippen molar-refractivity contribution in [2.75, 3.05) is 0 Å². The first-order valence-electron chi connectivity index (χ1n) is 10.0. The summed E-state index contributed by atoms with van der Waals surface area (Å²) in [4.78, 5) is 11.1. The Hall–Kier alpha value is -3.03. The Bertz CT molecular complexity index is 1180. The van der Waals surface area contributed by atoms with Crippen LogP contribution in [-0.4, -0.2) is 24.5 Å². The monoisotopic (exact) mass is 489 g/mol. The summed E-state index contributed by atoms with van der Waals surface area (Å²) in [6, 6.07) is 22.5. The van der Waals surface area contributed by atoms with Crippen molar-refractivity contribution in [3.8, 4) is 5.69 Å². The summed E-state index contributed by atoms with van der Waals surface area (Å²) in [7, 11) is 0. The predicted molar refractivity (Wildman–Crippen MR) is 129 cm³/mol. The van der Waals surface area contributed by atoms with Crippen molar-refractivity contribution in [1.29, 1.82) is 0 Å². The van der Waals surface area contributed by atoms with Crippen molar-refractivity contribution in [3.63, 3.8) is 0 Å². The number of hydrogen-bond donors (Lipinski definition) is 1. The molecular formula is C24H20BrN5S. The van der Waals surface area contributed by atoms with Gasteiger partial charge in [-0.1, -0.05) is 28.1 Å². The molecule has 5 nitrogen and oxygen atoms in total. The second kappa shape index (κ2) is 8.61. The molecule has 154 valence electrons. The molecule has 0 spiro atoms. The lowest BCUT2D eigenvalue weighted by Crippen LogP contribution is -2.30. The second-order valence-corrected chi connectivity index (χ2v) is 8.70. The minimum Gasteiger partial charge on any atom is -0.352 e. The summed E-state index contributed by atoms with van der Waals surface area (Å²) < 4.78 is 3.28. The Morgan fingerprint density at radius 1 is 0.968 bits per heavy atom. The molecule has 4 aromatic rings. The van der Waals surface area contributed by atoms with E-state index in [1.807, 2.05) is 36.7 Å². The Balaban J connectivity index is 1.60. The summed E-state index contributed by atoms with van der Waals surface area (Å²) in [6.07, 6.45) is 7.60. The molecule has 1 aliphatic heterocycles. The fourth-order valence-corrected chi connectivity index (χ4v) is 4.63. The van der Waals surface area contributed by atoms with Gasteiger partial charge in [0.05, 0.1) is 17.8 Å². The lowest BCUT2D eigenvalue weighted by atomic mass is 10.0. The normalized spacial score (nSPS) is 18.2. The number of aromatic nitrogens is 3. The van der Waals surface area contributed by atoms with Crippen LogP contribution >= 0.6 is 28.1 Å². The number of benzene rings is 1. The van der Waals surface area contributed by atoms with Crippen molar-refractivity contribution < 1.29 is 0 Å². The molecule has 2 unspecified atom stereocenters. The Kier molecular flexibility index (Phi) is 5.53. The van der Waals surface area contributed by atoms with Crippen LogP contribution < -0.4 is 5.32 Å². The Morgan fingerprint density at radius 2 is 1.84 bits per heavy atom. The van der Waals surface area contributed by atoms with Crippen molar-refractivity contribution in [3.05, 3.63) is 113 Å². The summed E-state index contributed by atoms with van der Waals surface area (Å²) in [6.45, 7) is 0.666. The van der Waals surface area contributed by atoms with Crippen LogP contribution in [0.25, 0.3) is 5.69 Å². The molecular weight excluding hydrogens is 470 g/mol. The highest BCUT2D eigenvalue weighted by Gasteiger charge is 2.41. The van der Waals surface area contributed by atoms with Gasteiger partial charge in [-0.15, -0.1) is 0 Å². The Morgan fingerprint density at radius 3 is 2.58 bits per heavy atom. The van der Waals surface area contributed by atoms with E-state index in [0.717, 1.165) is 27.1 Å². The summed E-state index contributed by atoms with van der Waals surface area (Å²) >= 11 is 9.33. The highest BCUT2D eigenvalue weighted by molar-refractivity contribution is 9.10. The lowest BCUT2D eigenvalue weighted by Gasteiger charge is -2.29. The van der Waals surface area contributed by atoms with Crippen LogP contribution in [0.3, 0.4) is 0 Å². The number of nitrogens with zero attached hydrogens (tertiary/aromatic N) is 4. The maximum Gasteiger partial charge on any atom is 0.170 e. The van der Waals surface area contributed by atoms with E-state index >= 15 is 0 Å². The van der Waals surface area contributed by atoms with Gasteiger partial charge in [-0.2, -0.15) is 0 Å². The zero-order chi connectivity index (χ0) is 21.2. The molecule has 31 heavy (non-hydrogen) atoms. The number of rotatable bonds is 5. The number of nitrogens with one attached hydrogen (secondary N) is 1. The third-order valence-corrected chi connectivity index (χ3v) is 6.34. The van der Waals surface area contributed by atoms with Gasteiger partial charge in [0.1, 0.15) is 0 Å². The lowest BCUT2D eigenvalue weighted by molar-refractivity contribution is 0.302. The van der Waals surface area contributed by atoms with Crippen molar-refractivity contribution in [1.82, 2.24) is 24.8 Å². The van der Waals surface area contributed by atoms with Gasteiger partial charge in [0.15, 0.2) is 5.11 Å². The fraction of sp³-hybridized carbons (Fsp3) is 0.125. The van der Waals surface area contributed by atoms with E-state index in [1.54, 1.807) is 6.20 Å². The fourth-order valence-electron chi connectivity index (χ4n) is 4.06. The molecule has 1 aliphatic rings. The van der Waals surface area contributed by atoms with Crippen LogP contribution in [0, 0.1) is 0 Å². The molecule has 0 radical (unpaired) electrons. The van der Waals surface area contributed by atoms with Gasteiger partial charge in [0.25, 0.3) is 0 Å². The van der Waals surface area contributed by atoms with E-state index in [1.165, 1.54) is 0 Å². The van der Waals surface area contributed by atoms with Crippen molar-refractivity contribution >= 4 is 33.3 Å². The highest BCUT2D eigenvalue weighted by Crippen LogP contribution is 2.40. The van der Waals surface area contributed by atoms with Crippen LogP contribution in [0.1, 0.15) is 29.0 Å². The molecule has 0 aliphatic carbocycles. The van der Waals surface area contributed by atoms with E-state index in [-0.39, 0.29) is 12.1 Å². The molecule has 1 saturated heterocycles. The van der Waals surface area contributed by atoms with Gasteiger partial charge < -0.3 is 14.8 Å². The van der Waals surface area contributed by atoms with Gasteiger partial charge in [0, 0.05) is 47.2 Å². The van der Waals surface area contributed by atoms with Gasteiger partial charge in [-0.25, -0.2) is 0 Å². The maximum atomic E-state index is 5.80. The summed E-state index contributed by atoms with van der Waals surface area (Å²) in [5.41, 5.74) is 4.32. The minimum absolute atomic E-state index is 0.0266. The van der Waals surface area contributed by atoms with Crippen LogP contribution in [0.15, 0.2) is 96.0 Å². The van der Waals surface area contributed by atoms with Crippen molar-refractivity contribution in [2.24, 2.45) is 0 Å². The number of pyridine rings is 2. The molecule has 1 N–H and O–H groups in total. The maximum absolute atomic E-state index is 5.80. The summed E-state index contributed by atoms with van der Waals surface area (Å²) in [5.74, 6) is 0. The van der Waals surface area contributed by atoms with Gasteiger partial charge >= 0.3 is 0 Å². The first-order chi connectivity index (χ1) is 15.2. The predicted octanol–water partition coefficient (Wildman–Crippen LogP) is 5.20. The summed E-state index contributed by atoms with van der Waals surface area (Å²) in [5, 5.41) is 4.24. The topological polar surface area (TPSA) is 46.0 Å². The van der Waals surface area contributed by atoms with E-state index in [2.05, 4.69) is 89.3 Å². The second-order valence-electron chi connectivity index (χ2n) is 7.40. The van der Waals surface area contributed by atoms with E-state index in [9.17, 15) is 0 Å². The molecule has 2 atom stereocenters. The third kappa shape index (κ3) is 3.98. The van der Waals surface area contributed by atoms with E-state index in [4.69, 9.17) is 12.2 Å². The number of hydrogen-bond acceptors (Lipinski definition) is 3. The smallest absolute Gasteiger partial charge is 0.170 e. The molecule has 5 rings (SSSR count). The molecule has 0 saturated carbocycles. The molecule has 1 fully saturated rings. The highest BCUT2D eigenvalue weighted by atomic mass is 79.9. The first-order valence-corrected chi connectivity index (χ1v) is 11.2.